The molecule has 1 N–H and O–H groups in total. The fraction of sp³-hybridized carbons (Fsp3) is 0.643. The van der Waals surface area contributed by atoms with E-state index in [0.29, 0.717) is 51.6 Å². The van der Waals surface area contributed by atoms with Gasteiger partial charge in [0.2, 0.25) is 11.8 Å². The molecule has 1 aromatic rings. The van der Waals surface area contributed by atoms with Crippen molar-refractivity contribution in [1.29, 1.82) is 5.26 Å². The fourth-order valence-corrected chi connectivity index (χ4v) is 5.60. The van der Waals surface area contributed by atoms with Crippen LogP contribution in [0.25, 0.3) is 0 Å². The summed E-state index contributed by atoms with van der Waals surface area (Å²) in [5.41, 5.74) is -0.305. The quantitative estimate of drug-likeness (QED) is 0.575. The normalized spacial score (nSPS) is 23.2. The van der Waals surface area contributed by atoms with E-state index in [4.69, 9.17) is 9.47 Å². The van der Waals surface area contributed by atoms with Crippen molar-refractivity contribution in [2.75, 3.05) is 39.4 Å². The molecule has 2 saturated heterocycles. The van der Waals surface area contributed by atoms with Gasteiger partial charge in [-0.2, -0.15) is 5.26 Å². The average molecular weight is 511 g/mol. The first-order chi connectivity index (χ1) is 18.0. The Balaban J connectivity index is 1.37. The summed E-state index contributed by atoms with van der Waals surface area (Å²) in [6.45, 7) is 2.64. The molecule has 37 heavy (non-hydrogen) atoms. The highest BCUT2D eigenvalue weighted by Gasteiger charge is 2.43. The van der Waals surface area contributed by atoms with Crippen LogP contribution < -0.4 is 5.32 Å². The molecule has 0 spiro atoms. The van der Waals surface area contributed by atoms with E-state index < -0.39 is 17.6 Å². The van der Waals surface area contributed by atoms with Gasteiger partial charge in [0.15, 0.2) is 0 Å². The number of hydrogen-bond donors (Lipinski definition) is 1. The number of carbonyl (C=O) groups is 3. The Morgan fingerprint density at radius 2 is 1.81 bits per heavy atom. The number of rotatable bonds is 8. The molecule has 2 aliphatic heterocycles. The molecule has 4 rings (SSSR count). The first kappa shape index (κ1) is 26.9. The van der Waals surface area contributed by atoms with Gasteiger partial charge in [-0.25, -0.2) is 4.79 Å². The second-order valence-electron chi connectivity index (χ2n) is 10.5. The van der Waals surface area contributed by atoms with Crippen LogP contribution in [0.4, 0.5) is 4.79 Å². The van der Waals surface area contributed by atoms with Gasteiger partial charge in [-0.1, -0.05) is 62.4 Å². The number of nitrogens with one attached hydrogen (secondary N) is 1. The van der Waals surface area contributed by atoms with Gasteiger partial charge in [0.1, 0.15) is 12.1 Å². The number of amides is 3. The van der Waals surface area contributed by atoms with Gasteiger partial charge in [-0.15, -0.1) is 0 Å². The van der Waals surface area contributed by atoms with Crippen molar-refractivity contribution < 1.29 is 23.9 Å². The van der Waals surface area contributed by atoms with Crippen LogP contribution in [0.3, 0.4) is 0 Å². The SMILES string of the molecule is N#CC1(NC(=O)[C@@H](CC(=O)N2CCOCC2)CC2CCCCC2)CCN(C(=O)OCc2ccccc2)C1. The molecule has 0 radical (unpaired) electrons. The summed E-state index contributed by atoms with van der Waals surface area (Å²) >= 11 is 0. The van der Waals surface area contributed by atoms with Crippen LogP contribution in [0, 0.1) is 23.2 Å². The van der Waals surface area contributed by atoms with Gasteiger partial charge in [0.25, 0.3) is 0 Å². The van der Waals surface area contributed by atoms with Crippen molar-refractivity contribution in [3.05, 3.63) is 35.9 Å². The van der Waals surface area contributed by atoms with Gasteiger partial charge in [-0.3, -0.25) is 9.59 Å². The van der Waals surface area contributed by atoms with Crippen molar-refractivity contribution in [2.45, 2.75) is 63.5 Å². The lowest BCUT2D eigenvalue weighted by molar-refractivity contribution is -0.140. The number of nitriles is 1. The fourth-order valence-electron chi connectivity index (χ4n) is 5.60. The Labute approximate surface area is 219 Å². The summed E-state index contributed by atoms with van der Waals surface area (Å²) in [4.78, 5) is 42.5. The van der Waals surface area contributed by atoms with Crippen molar-refractivity contribution in [2.24, 2.45) is 11.8 Å². The van der Waals surface area contributed by atoms with Crippen molar-refractivity contribution >= 4 is 17.9 Å². The van der Waals surface area contributed by atoms with Crippen LogP contribution in [0.15, 0.2) is 30.3 Å². The minimum absolute atomic E-state index is 0.0391. The maximum atomic E-state index is 13.6. The second-order valence-corrected chi connectivity index (χ2v) is 10.5. The number of ether oxygens (including phenoxy) is 2. The Kier molecular flexibility index (Phi) is 9.40. The average Bonchev–Trinajstić information content (AvgIpc) is 3.37. The second kappa shape index (κ2) is 12.9. The smallest absolute Gasteiger partial charge is 0.410 e. The molecule has 1 unspecified atom stereocenters. The Hall–Kier alpha value is -3.12. The standard InChI is InChI=1S/C28H38N4O5/c29-20-28(11-12-32(21-28)27(35)37-19-23-9-5-2-6-10-23)30-26(34)24(17-22-7-3-1-4-8-22)18-25(33)31-13-15-36-16-14-31/h2,5-6,9-10,22,24H,1,3-4,7-8,11-19,21H2,(H,30,34)/t24-,28?/m1/s1. The maximum absolute atomic E-state index is 13.6. The molecule has 3 amide bonds. The number of morpholine rings is 1. The van der Waals surface area contributed by atoms with Crippen LogP contribution >= 0.6 is 0 Å². The summed E-state index contributed by atoms with van der Waals surface area (Å²) in [6.07, 6.45) is 6.25. The molecular formula is C28H38N4O5. The summed E-state index contributed by atoms with van der Waals surface area (Å²) in [5.74, 6) is -0.396. The molecule has 1 aliphatic carbocycles. The molecule has 9 heteroatoms. The van der Waals surface area contributed by atoms with E-state index in [0.717, 1.165) is 31.2 Å². The van der Waals surface area contributed by atoms with E-state index in [1.165, 1.54) is 11.3 Å². The van der Waals surface area contributed by atoms with Crippen molar-refractivity contribution in [3.8, 4) is 6.07 Å². The number of hydrogen-bond acceptors (Lipinski definition) is 6. The molecule has 200 valence electrons. The van der Waals surface area contributed by atoms with Gasteiger partial charge in [0.05, 0.1) is 25.8 Å². The van der Waals surface area contributed by atoms with Crippen molar-refractivity contribution in [1.82, 2.24) is 15.1 Å². The number of carbonyl (C=O) groups excluding carboxylic acids is 3. The van der Waals surface area contributed by atoms with Crippen molar-refractivity contribution in [3.63, 3.8) is 0 Å². The molecule has 3 fully saturated rings. The van der Waals surface area contributed by atoms with E-state index in [9.17, 15) is 19.6 Å². The molecular weight excluding hydrogens is 472 g/mol. The first-order valence-electron chi connectivity index (χ1n) is 13.5. The third kappa shape index (κ3) is 7.45. The van der Waals surface area contributed by atoms with Crippen LogP contribution in [-0.4, -0.2) is 72.6 Å². The third-order valence-corrected chi connectivity index (χ3v) is 7.81. The molecule has 9 nitrogen and oxygen atoms in total. The number of likely N-dealkylation sites (tertiary alicyclic amines) is 1. The first-order valence-corrected chi connectivity index (χ1v) is 13.5. The molecule has 1 aromatic carbocycles. The third-order valence-electron chi connectivity index (χ3n) is 7.81. The molecule has 0 bridgehead atoms. The molecule has 3 aliphatic rings. The number of nitrogens with zero attached hydrogens (tertiary/aromatic N) is 3. The highest BCUT2D eigenvalue weighted by Crippen LogP contribution is 2.31. The summed E-state index contributed by atoms with van der Waals surface area (Å²) in [6, 6.07) is 11.7. The predicted molar refractivity (Wildman–Crippen MR) is 136 cm³/mol. The maximum Gasteiger partial charge on any atom is 0.410 e. The Morgan fingerprint density at radius 1 is 1.08 bits per heavy atom. The van der Waals surface area contributed by atoms with Gasteiger partial charge < -0.3 is 24.6 Å². The van der Waals surface area contributed by atoms with E-state index in [1.54, 1.807) is 4.90 Å². The lowest BCUT2D eigenvalue weighted by atomic mass is 9.81. The monoisotopic (exact) mass is 510 g/mol. The highest BCUT2D eigenvalue weighted by atomic mass is 16.6. The minimum atomic E-state index is -1.18. The zero-order chi connectivity index (χ0) is 26.1. The molecule has 1 saturated carbocycles. The summed E-state index contributed by atoms with van der Waals surface area (Å²) in [7, 11) is 0. The zero-order valence-corrected chi connectivity index (χ0v) is 21.5. The van der Waals surface area contributed by atoms with Crippen LogP contribution in [0.2, 0.25) is 0 Å². The van der Waals surface area contributed by atoms with Crippen LogP contribution in [0.1, 0.15) is 56.9 Å². The topological polar surface area (TPSA) is 112 Å². The summed E-state index contributed by atoms with van der Waals surface area (Å²) < 4.78 is 10.8. The molecule has 2 heterocycles. The Morgan fingerprint density at radius 3 is 2.51 bits per heavy atom. The van der Waals surface area contributed by atoms with E-state index in [-0.39, 0.29) is 31.4 Å². The van der Waals surface area contributed by atoms with E-state index in [1.807, 2.05) is 30.3 Å². The number of benzene rings is 1. The molecule has 0 aromatic heterocycles. The lowest BCUT2D eigenvalue weighted by Gasteiger charge is -2.31. The van der Waals surface area contributed by atoms with Crippen LogP contribution in [-0.2, 0) is 25.7 Å². The molecule has 2 atom stereocenters. The zero-order valence-electron chi connectivity index (χ0n) is 21.5. The predicted octanol–water partition coefficient (Wildman–Crippen LogP) is 3.24. The lowest BCUT2D eigenvalue weighted by Crippen LogP contribution is -2.52. The van der Waals surface area contributed by atoms with E-state index >= 15 is 0 Å². The van der Waals surface area contributed by atoms with Crippen LogP contribution in [0.5, 0.6) is 0 Å². The highest BCUT2D eigenvalue weighted by molar-refractivity contribution is 5.86. The van der Waals surface area contributed by atoms with Gasteiger partial charge >= 0.3 is 6.09 Å². The minimum Gasteiger partial charge on any atom is -0.445 e. The van der Waals surface area contributed by atoms with E-state index in [2.05, 4.69) is 11.4 Å². The van der Waals surface area contributed by atoms with Gasteiger partial charge in [0, 0.05) is 38.4 Å². The van der Waals surface area contributed by atoms with Gasteiger partial charge in [-0.05, 0) is 17.9 Å². The Bertz CT molecular complexity index is 969. The largest absolute Gasteiger partial charge is 0.445 e. The summed E-state index contributed by atoms with van der Waals surface area (Å²) in [5, 5.41) is 13.0.